The molecule has 0 saturated carbocycles. The van der Waals surface area contributed by atoms with E-state index in [1.54, 1.807) is 0 Å². The molecule has 0 aliphatic carbocycles. The number of hydrogen-bond donors (Lipinski definition) is 1. The van der Waals surface area contributed by atoms with Crippen LogP contribution >= 0.6 is 0 Å². The van der Waals surface area contributed by atoms with Crippen molar-refractivity contribution in [2.45, 2.75) is 19.4 Å². The van der Waals surface area contributed by atoms with Gasteiger partial charge in [0.1, 0.15) is 0 Å². The lowest BCUT2D eigenvalue weighted by atomic mass is 10.1. The molecule has 0 aromatic heterocycles. The molecule has 0 unspecified atom stereocenters. The monoisotopic (exact) mass is 110 g/mol. The van der Waals surface area contributed by atoms with Crippen molar-refractivity contribution in [2.24, 2.45) is 5.92 Å². The molecule has 0 aromatic rings. The van der Waals surface area contributed by atoms with Gasteiger partial charge in [0.15, 0.2) is 0 Å². The van der Waals surface area contributed by atoms with E-state index in [9.17, 15) is 0 Å². The molecule has 1 aliphatic rings. The van der Waals surface area contributed by atoms with Crippen molar-refractivity contribution >= 4 is 0 Å². The normalized spacial score (nSPS) is 37.0. The highest BCUT2D eigenvalue weighted by Crippen LogP contribution is 2.10. The van der Waals surface area contributed by atoms with Gasteiger partial charge in [0.05, 0.1) is 12.0 Å². The predicted molar refractivity (Wildman–Crippen MR) is 31.2 cm³/mol. The zero-order valence-corrected chi connectivity index (χ0v) is 5.02. The van der Waals surface area contributed by atoms with Gasteiger partial charge in [-0.05, 0) is 13.3 Å². The molecule has 0 aromatic carbocycles. The zero-order valence-electron chi connectivity index (χ0n) is 5.02. The summed E-state index contributed by atoms with van der Waals surface area (Å²) in [4.78, 5) is 0. The molecule has 44 valence electrons. The average molecular weight is 110 g/mol. The fraction of sp³-hybridized carbons (Fsp3) is 0.833. The van der Waals surface area contributed by atoms with Crippen molar-refractivity contribution < 1.29 is 0 Å². The van der Waals surface area contributed by atoms with Crippen molar-refractivity contribution in [3.63, 3.8) is 0 Å². The molecule has 0 radical (unpaired) electrons. The second-order valence-corrected chi connectivity index (χ2v) is 2.37. The lowest BCUT2D eigenvalue weighted by molar-refractivity contribution is 0.655. The Morgan fingerprint density at radius 3 is 2.75 bits per heavy atom. The number of hydrogen-bond acceptors (Lipinski definition) is 2. The van der Waals surface area contributed by atoms with Crippen LogP contribution < -0.4 is 5.32 Å². The highest BCUT2D eigenvalue weighted by molar-refractivity contribution is 4.92. The standard InChI is InChI=1S/C6H10N2/c1-5-2-6(3-7)4-8-5/h5-6,8H,2,4H2,1H3/t5-,6-/m1/s1. The van der Waals surface area contributed by atoms with E-state index in [0.717, 1.165) is 13.0 Å². The van der Waals surface area contributed by atoms with E-state index >= 15 is 0 Å². The second kappa shape index (κ2) is 2.15. The topological polar surface area (TPSA) is 35.8 Å². The van der Waals surface area contributed by atoms with E-state index in [0.29, 0.717) is 6.04 Å². The van der Waals surface area contributed by atoms with Crippen LogP contribution in [0.1, 0.15) is 13.3 Å². The van der Waals surface area contributed by atoms with Gasteiger partial charge in [0, 0.05) is 12.6 Å². The Morgan fingerprint density at radius 1 is 1.75 bits per heavy atom. The Hall–Kier alpha value is -0.550. The molecule has 0 spiro atoms. The van der Waals surface area contributed by atoms with Gasteiger partial charge in [0.2, 0.25) is 0 Å². The molecule has 1 fully saturated rings. The Labute approximate surface area is 49.5 Å². The van der Waals surface area contributed by atoms with E-state index in [1.807, 2.05) is 0 Å². The third kappa shape index (κ3) is 0.988. The molecule has 0 amide bonds. The molecule has 1 N–H and O–H groups in total. The molecule has 1 aliphatic heterocycles. The van der Waals surface area contributed by atoms with Gasteiger partial charge >= 0.3 is 0 Å². The Bertz CT molecular complexity index is 114. The molecule has 2 atom stereocenters. The maximum atomic E-state index is 8.39. The third-order valence-electron chi connectivity index (χ3n) is 1.53. The maximum Gasteiger partial charge on any atom is 0.0669 e. The number of nitrogens with one attached hydrogen (secondary N) is 1. The smallest absolute Gasteiger partial charge is 0.0669 e. The number of nitrogens with zero attached hydrogens (tertiary/aromatic N) is 1. The van der Waals surface area contributed by atoms with Gasteiger partial charge in [0.25, 0.3) is 0 Å². The SMILES string of the molecule is C[C@@H]1C[C@H](C#N)CN1. The zero-order chi connectivity index (χ0) is 5.98. The predicted octanol–water partition coefficient (Wildman–Crippen LogP) is 0.508. The fourth-order valence-corrected chi connectivity index (χ4v) is 1.04. The van der Waals surface area contributed by atoms with Crippen LogP contribution in [0, 0.1) is 17.2 Å². The lowest BCUT2D eigenvalue weighted by Crippen LogP contribution is -2.16. The summed E-state index contributed by atoms with van der Waals surface area (Å²) >= 11 is 0. The van der Waals surface area contributed by atoms with Gasteiger partial charge in [-0.1, -0.05) is 0 Å². The Kier molecular flexibility index (Phi) is 1.50. The molecule has 2 nitrogen and oxygen atoms in total. The first-order valence-corrected chi connectivity index (χ1v) is 2.96. The van der Waals surface area contributed by atoms with E-state index in [2.05, 4.69) is 18.3 Å². The summed E-state index contributed by atoms with van der Waals surface area (Å²) in [6.45, 7) is 3.00. The van der Waals surface area contributed by atoms with E-state index < -0.39 is 0 Å². The van der Waals surface area contributed by atoms with Crippen LogP contribution in [0.5, 0.6) is 0 Å². The lowest BCUT2D eigenvalue weighted by Gasteiger charge is -1.95. The molecule has 8 heavy (non-hydrogen) atoms. The minimum Gasteiger partial charge on any atom is -0.313 e. The summed E-state index contributed by atoms with van der Waals surface area (Å²) in [5, 5.41) is 11.6. The summed E-state index contributed by atoms with van der Waals surface area (Å²) in [6, 6.07) is 2.79. The van der Waals surface area contributed by atoms with Crippen LogP contribution in [0.25, 0.3) is 0 Å². The van der Waals surface area contributed by atoms with E-state index in [4.69, 9.17) is 5.26 Å². The Balaban J connectivity index is 2.35. The van der Waals surface area contributed by atoms with Crippen molar-refractivity contribution in [2.75, 3.05) is 6.54 Å². The molecular weight excluding hydrogens is 100 g/mol. The van der Waals surface area contributed by atoms with Crippen LogP contribution in [0.3, 0.4) is 0 Å². The van der Waals surface area contributed by atoms with Crippen molar-refractivity contribution in [1.29, 1.82) is 5.26 Å². The maximum absolute atomic E-state index is 8.39. The van der Waals surface area contributed by atoms with Crippen LogP contribution in [0.15, 0.2) is 0 Å². The van der Waals surface area contributed by atoms with Gasteiger partial charge in [-0.2, -0.15) is 5.26 Å². The summed E-state index contributed by atoms with van der Waals surface area (Å²) in [7, 11) is 0. The molecule has 1 rings (SSSR count). The number of nitriles is 1. The minimum atomic E-state index is 0.269. The molecule has 0 bridgehead atoms. The summed E-state index contributed by atoms with van der Waals surface area (Å²) < 4.78 is 0. The van der Waals surface area contributed by atoms with Gasteiger partial charge < -0.3 is 5.32 Å². The van der Waals surface area contributed by atoms with Gasteiger partial charge in [-0.25, -0.2) is 0 Å². The van der Waals surface area contributed by atoms with Gasteiger partial charge in [-0.3, -0.25) is 0 Å². The van der Waals surface area contributed by atoms with Crippen LogP contribution in [-0.4, -0.2) is 12.6 Å². The van der Waals surface area contributed by atoms with Crippen molar-refractivity contribution in [1.82, 2.24) is 5.32 Å². The largest absolute Gasteiger partial charge is 0.313 e. The quantitative estimate of drug-likeness (QED) is 0.493. The van der Waals surface area contributed by atoms with Crippen LogP contribution in [-0.2, 0) is 0 Å². The van der Waals surface area contributed by atoms with Crippen LogP contribution in [0.4, 0.5) is 0 Å². The van der Waals surface area contributed by atoms with E-state index in [1.165, 1.54) is 0 Å². The van der Waals surface area contributed by atoms with Crippen molar-refractivity contribution in [3.05, 3.63) is 0 Å². The highest BCUT2D eigenvalue weighted by atomic mass is 14.9. The number of rotatable bonds is 0. The van der Waals surface area contributed by atoms with E-state index in [-0.39, 0.29) is 5.92 Å². The third-order valence-corrected chi connectivity index (χ3v) is 1.53. The van der Waals surface area contributed by atoms with Crippen molar-refractivity contribution in [3.8, 4) is 6.07 Å². The Morgan fingerprint density at radius 2 is 2.50 bits per heavy atom. The first-order valence-electron chi connectivity index (χ1n) is 2.96. The van der Waals surface area contributed by atoms with Gasteiger partial charge in [-0.15, -0.1) is 0 Å². The second-order valence-electron chi connectivity index (χ2n) is 2.37. The average Bonchev–Trinajstić information content (AvgIpc) is 2.14. The van der Waals surface area contributed by atoms with Crippen LogP contribution in [0.2, 0.25) is 0 Å². The fourth-order valence-electron chi connectivity index (χ4n) is 1.04. The summed E-state index contributed by atoms with van der Waals surface area (Å²) in [6.07, 6.45) is 1.02. The molecule has 1 saturated heterocycles. The molecule has 1 heterocycles. The summed E-state index contributed by atoms with van der Waals surface area (Å²) in [5.74, 6) is 0.269. The molecule has 2 heteroatoms. The first-order chi connectivity index (χ1) is 3.83. The highest BCUT2D eigenvalue weighted by Gasteiger charge is 2.18. The molecular formula is C6H10N2. The minimum absolute atomic E-state index is 0.269. The summed E-state index contributed by atoms with van der Waals surface area (Å²) in [5.41, 5.74) is 0. The first kappa shape index (κ1) is 5.58.